The minimum Gasteiger partial charge on any atom is -0.340 e. The number of nitrogens with zero attached hydrogens (tertiary/aromatic N) is 2. The lowest BCUT2D eigenvalue weighted by molar-refractivity contribution is -0.384. The van der Waals surface area contributed by atoms with Crippen LogP contribution in [0.15, 0.2) is 54.9 Å². The van der Waals surface area contributed by atoms with Gasteiger partial charge in [-0.2, -0.15) is 0 Å². The number of nitro benzene ring substituents is 1. The minimum atomic E-state index is -0.791. The summed E-state index contributed by atoms with van der Waals surface area (Å²) in [5, 5.41) is 13.6. The van der Waals surface area contributed by atoms with Gasteiger partial charge in [-0.15, -0.1) is 0 Å². The molecule has 0 aliphatic rings. The van der Waals surface area contributed by atoms with Crippen LogP contribution in [0, 0.1) is 10.1 Å². The summed E-state index contributed by atoms with van der Waals surface area (Å²) in [5.41, 5.74) is 1.35. The summed E-state index contributed by atoms with van der Waals surface area (Å²) < 4.78 is 0. The summed E-state index contributed by atoms with van der Waals surface area (Å²) >= 11 is 0. The smallest absolute Gasteiger partial charge is 0.286 e. The highest BCUT2D eigenvalue weighted by Gasteiger charge is 2.23. The van der Waals surface area contributed by atoms with Crippen molar-refractivity contribution in [3.8, 4) is 0 Å². The van der Waals surface area contributed by atoms with E-state index in [9.17, 15) is 24.5 Å². The molecule has 0 aliphatic heterocycles. The number of nitrogens with one attached hydrogen (secondary N) is 3. The van der Waals surface area contributed by atoms with Gasteiger partial charge in [-0.05, 0) is 6.07 Å². The first-order chi connectivity index (χ1) is 13.9. The van der Waals surface area contributed by atoms with Crippen LogP contribution in [0.5, 0.6) is 0 Å². The Labute approximate surface area is 163 Å². The van der Waals surface area contributed by atoms with E-state index in [1.807, 2.05) is 5.43 Å². The van der Waals surface area contributed by atoms with Gasteiger partial charge in [-0.3, -0.25) is 29.9 Å². The van der Waals surface area contributed by atoms with Gasteiger partial charge in [-0.25, -0.2) is 10.8 Å². The highest BCUT2D eigenvalue weighted by Crippen LogP contribution is 2.25. The zero-order valence-electron chi connectivity index (χ0n) is 14.7. The molecular formula is C18H14N6O5. The molecule has 0 aliphatic carbocycles. The number of carbonyl (C=O) groups excluding carboxylic acids is 3. The molecule has 0 spiro atoms. The second kappa shape index (κ2) is 8.10. The van der Waals surface area contributed by atoms with Crippen LogP contribution >= 0.6 is 0 Å². The van der Waals surface area contributed by atoms with Crippen LogP contribution in [0.4, 0.5) is 11.4 Å². The molecule has 0 unspecified atom stereocenters. The number of nitrogen functional groups attached to an aromatic ring is 1. The molecule has 2 amide bonds. The third kappa shape index (κ3) is 3.99. The van der Waals surface area contributed by atoms with Gasteiger partial charge in [0.25, 0.3) is 17.5 Å². The number of anilines is 1. The van der Waals surface area contributed by atoms with Gasteiger partial charge in [0.05, 0.1) is 22.5 Å². The summed E-state index contributed by atoms with van der Waals surface area (Å²) in [6.45, 7) is 0. The third-order valence-electron chi connectivity index (χ3n) is 3.96. The normalized spacial score (nSPS) is 10.2. The van der Waals surface area contributed by atoms with Gasteiger partial charge >= 0.3 is 0 Å². The largest absolute Gasteiger partial charge is 0.340 e. The molecule has 5 N–H and O–H groups in total. The molecule has 0 bridgehead atoms. The van der Waals surface area contributed by atoms with E-state index in [1.54, 1.807) is 30.3 Å². The number of benzene rings is 2. The number of carbonyl (C=O) groups is 3. The van der Waals surface area contributed by atoms with Gasteiger partial charge in [-0.1, -0.05) is 30.3 Å². The number of amides is 2. The molecule has 146 valence electrons. The summed E-state index contributed by atoms with van der Waals surface area (Å²) in [6, 6.07) is 11.6. The van der Waals surface area contributed by atoms with Gasteiger partial charge in [0.15, 0.2) is 11.5 Å². The van der Waals surface area contributed by atoms with E-state index in [1.165, 1.54) is 6.07 Å². The second-order valence-corrected chi connectivity index (χ2v) is 5.74. The lowest BCUT2D eigenvalue weighted by atomic mass is 10.0. The Kier molecular flexibility index (Phi) is 5.42. The second-order valence-electron chi connectivity index (χ2n) is 5.74. The third-order valence-corrected chi connectivity index (χ3v) is 3.96. The highest BCUT2D eigenvalue weighted by atomic mass is 16.6. The fraction of sp³-hybridized carbons (Fsp3) is 0. The van der Waals surface area contributed by atoms with Gasteiger partial charge < -0.3 is 10.3 Å². The Balaban J connectivity index is 2.00. The monoisotopic (exact) mass is 394 g/mol. The average Bonchev–Trinajstić information content (AvgIpc) is 3.23. The number of hydrazine groups is 1. The molecular weight excluding hydrogens is 380 g/mol. The summed E-state index contributed by atoms with van der Waals surface area (Å²) in [5.74, 6) is 2.97. The van der Waals surface area contributed by atoms with Gasteiger partial charge in [0.1, 0.15) is 5.69 Å². The van der Waals surface area contributed by atoms with Crippen molar-refractivity contribution >= 4 is 29.0 Å². The number of hydrogen-bond acceptors (Lipinski definition) is 7. The quantitative estimate of drug-likeness (QED) is 0.161. The SMILES string of the molecule is NNC(=O)c1nc[nH]c1C(=O)Nc1ccc([N+](=O)[O-])cc1C(=O)c1ccccc1. The average molecular weight is 394 g/mol. The van der Waals surface area contributed by atoms with Crippen LogP contribution in [-0.4, -0.2) is 32.5 Å². The Morgan fingerprint density at radius 3 is 2.45 bits per heavy atom. The summed E-state index contributed by atoms with van der Waals surface area (Å²) in [7, 11) is 0. The van der Waals surface area contributed by atoms with Crippen molar-refractivity contribution in [1.82, 2.24) is 15.4 Å². The number of hydrogen-bond donors (Lipinski definition) is 4. The number of H-pyrrole nitrogens is 1. The van der Waals surface area contributed by atoms with Crippen LogP contribution in [0.1, 0.15) is 36.9 Å². The number of imidazole rings is 1. The Bertz CT molecular complexity index is 1110. The molecule has 1 aromatic heterocycles. The van der Waals surface area contributed by atoms with Gasteiger partial charge in [0.2, 0.25) is 0 Å². The summed E-state index contributed by atoms with van der Waals surface area (Å²) in [4.78, 5) is 53.9. The first kappa shape index (κ1) is 19.4. The van der Waals surface area contributed by atoms with E-state index in [-0.39, 0.29) is 33.9 Å². The molecule has 3 rings (SSSR count). The van der Waals surface area contributed by atoms with Crippen molar-refractivity contribution in [3.05, 3.63) is 87.5 Å². The number of non-ortho nitro benzene ring substituents is 1. The fourth-order valence-corrected chi connectivity index (χ4v) is 2.58. The predicted molar refractivity (Wildman–Crippen MR) is 101 cm³/mol. The molecule has 11 nitrogen and oxygen atoms in total. The molecule has 0 fully saturated rings. The van der Waals surface area contributed by atoms with Crippen molar-refractivity contribution in [1.29, 1.82) is 0 Å². The molecule has 0 atom stereocenters. The fourth-order valence-electron chi connectivity index (χ4n) is 2.58. The molecule has 1 heterocycles. The predicted octanol–water partition coefficient (Wildman–Crippen LogP) is 1.40. The van der Waals surface area contributed by atoms with Gasteiger partial charge in [0, 0.05) is 17.7 Å². The van der Waals surface area contributed by atoms with Crippen LogP contribution in [-0.2, 0) is 0 Å². The Morgan fingerprint density at radius 2 is 1.79 bits per heavy atom. The van der Waals surface area contributed by atoms with Crippen LogP contribution in [0.25, 0.3) is 0 Å². The zero-order valence-corrected chi connectivity index (χ0v) is 14.7. The van der Waals surface area contributed by atoms with E-state index in [4.69, 9.17) is 5.84 Å². The number of nitrogens with two attached hydrogens (primary N) is 1. The Hall–Kier alpha value is -4.38. The topological polar surface area (TPSA) is 173 Å². The standard InChI is InChI=1S/C18H14N6O5/c19-23-18(27)15-14(20-9-21-15)17(26)22-13-7-6-11(24(28)29)8-12(13)16(25)10-4-2-1-3-5-10/h1-9H,19H2,(H,20,21)(H,22,26)(H,23,27). The van der Waals surface area contributed by atoms with Crippen molar-refractivity contribution in [2.45, 2.75) is 0 Å². The minimum absolute atomic E-state index is 0.0307. The lowest BCUT2D eigenvalue weighted by Gasteiger charge is -2.11. The van der Waals surface area contributed by atoms with Crippen LogP contribution < -0.4 is 16.6 Å². The molecule has 3 aromatic rings. The van der Waals surface area contributed by atoms with Crippen molar-refractivity contribution in [2.24, 2.45) is 5.84 Å². The number of aromatic nitrogens is 2. The maximum Gasteiger partial charge on any atom is 0.286 e. The molecule has 0 saturated carbocycles. The molecule has 29 heavy (non-hydrogen) atoms. The van der Waals surface area contributed by atoms with E-state index < -0.39 is 22.5 Å². The molecule has 11 heteroatoms. The lowest BCUT2D eigenvalue weighted by Crippen LogP contribution is -2.32. The first-order valence-electron chi connectivity index (χ1n) is 8.16. The highest BCUT2D eigenvalue weighted by molar-refractivity contribution is 6.16. The first-order valence-corrected chi connectivity index (χ1v) is 8.16. The van der Waals surface area contributed by atoms with Crippen molar-refractivity contribution in [3.63, 3.8) is 0 Å². The maximum atomic E-state index is 12.9. The zero-order chi connectivity index (χ0) is 21.0. The van der Waals surface area contributed by atoms with E-state index in [2.05, 4.69) is 15.3 Å². The maximum absolute atomic E-state index is 12.9. The van der Waals surface area contributed by atoms with E-state index >= 15 is 0 Å². The molecule has 2 aromatic carbocycles. The summed E-state index contributed by atoms with van der Waals surface area (Å²) in [6.07, 6.45) is 1.13. The van der Waals surface area contributed by atoms with E-state index in [0.717, 1.165) is 18.5 Å². The van der Waals surface area contributed by atoms with Crippen LogP contribution in [0.2, 0.25) is 0 Å². The number of rotatable bonds is 6. The number of ketones is 1. The molecule has 0 radical (unpaired) electrons. The van der Waals surface area contributed by atoms with Crippen molar-refractivity contribution < 1.29 is 19.3 Å². The Morgan fingerprint density at radius 1 is 1.07 bits per heavy atom. The van der Waals surface area contributed by atoms with Crippen molar-refractivity contribution in [2.75, 3.05) is 5.32 Å². The number of nitro groups is 1. The van der Waals surface area contributed by atoms with Crippen LogP contribution in [0.3, 0.4) is 0 Å². The number of aromatic amines is 1. The molecule has 0 saturated heterocycles. The van der Waals surface area contributed by atoms with E-state index in [0.29, 0.717) is 0 Å².